The molecule has 1 aromatic heterocycles. The van der Waals surface area contributed by atoms with Gasteiger partial charge in [-0.15, -0.1) is 0 Å². The number of aromatic amines is 1. The van der Waals surface area contributed by atoms with E-state index in [1.165, 1.54) is 5.56 Å². The van der Waals surface area contributed by atoms with E-state index in [2.05, 4.69) is 40.2 Å². The summed E-state index contributed by atoms with van der Waals surface area (Å²) in [5.41, 5.74) is 3.09. The molecule has 2 atom stereocenters. The summed E-state index contributed by atoms with van der Waals surface area (Å²) in [6.07, 6.45) is 2.91. The highest BCUT2D eigenvalue weighted by molar-refractivity contribution is 5.98. The van der Waals surface area contributed by atoms with Crippen molar-refractivity contribution >= 4 is 16.8 Å². The number of aromatic nitrogens is 1. The number of nitrogens with one attached hydrogen (secondary N) is 1. The molecule has 2 saturated heterocycles. The Morgan fingerprint density at radius 3 is 2.90 bits per heavy atom. The third-order valence-corrected chi connectivity index (χ3v) is 6.36. The first kappa shape index (κ1) is 18.4. The van der Waals surface area contributed by atoms with Gasteiger partial charge in [-0.05, 0) is 35.6 Å². The summed E-state index contributed by atoms with van der Waals surface area (Å²) in [7, 11) is 0. The number of piperidine rings is 1. The highest BCUT2D eigenvalue weighted by atomic mass is 16.5. The van der Waals surface area contributed by atoms with Crippen LogP contribution >= 0.6 is 0 Å². The molecule has 1 N–H and O–H groups in total. The molecule has 0 saturated carbocycles. The molecule has 0 aliphatic carbocycles. The number of likely N-dealkylation sites (tertiary alicyclic amines) is 1. The standard InChI is InChI=1S/C24H27N3O2/c28-24(20-7-6-19-8-10-25-22(19)14-20)27-11-9-21-17-29-13-12-26(23(21)16-27)15-18-4-2-1-3-5-18/h1-8,10,14,21,23,25H,9,11-13,15-17H2/t21-,23-/m1/s1. The molecule has 0 bridgehead atoms. The van der Waals surface area contributed by atoms with Gasteiger partial charge in [-0.2, -0.15) is 0 Å². The van der Waals surface area contributed by atoms with Gasteiger partial charge in [0.25, 0.3) is 5.91 Å². The van der Waals surface area contributed by atoms with E-state index in [-0.39, 0.29) is 5.91 Å². The van der Waals surface area contributed by atoms with Crippen molar-refractivity contribution in [2.45, 2.75) is 19.0 Å². The summed E-state index contributed by atoms with van der Waals surface area (Å²) in [4.78, 5) is 21.0. The zero-order chi connectivity index (χ0) is 19.6. The maximum absolute atomic E-state index is 13.3. The largest absolute Gasteiger partial charge is 0.380 e. The normalized spacial score (nSPS) is 23.0. The summed E-state index contributed by atoms with van der Waals surface area (Å²) in [5.74, 6) is 0.612. The lowest BCUT2D eigenvalue weighted by atomic mass is 9.90. The number of hydrogen-bond acceptors (Lipinski definition) is 3. The van der Waals surface area contributed by atoms with Crippen LogP contribution in [0.2, 0.25) is 0 Å². The Labute approximate surface area is 171 Å². The zero-order valence-corrected chi connectivity index (χ0v) is 16.6. The number of H-pyrrole nitrogens is 1. The Hall–Kier alpha value is -2.63. The number of rotatable bonds is 3. The van der Waals surface area contributed by atoms with E-state index in [9.17, 15) is 4.79 Å². The Bertz CT molecular complexity index is 984. The van der Waals surface area contributed by atoms with Crippen molar-refractivity contribution in [3.8, 4) is 0 Å². The number of hydrogen-bond donors (Lipinski definition) is 1. The van der Waals surface area contributed by atoms with Crippen LogP contribution in [0.25, 0.3) is 10.9 Å². The first-order valence-electron chi connectivity index (χ1n) is 10.5. The Morgan fingerprint density at radius 1 is 1.10 bits per heavy atom. The topological polar surface area (TPSA) is 48.6 Å². The zero-order valence-electron chi connectivity index (χ0n) is 16.6. The van der Waals surface area contributed by atoms with Crippen LogP contribution in [0.15, 0.2) is 60.8 Å². The van der Waals surface area contributed by atoms with Crippen LogP contribution in [0.4, 0.5) is 0 Å². The van der Waals surface area contributed by atoms with E-state index in [4.69, 9.17) is 4.74 Å². The van der Waals surface area contributed by atoms with Crippen molar-refractivity contribution < 1.29 is 9.53 Å². The summed E-state index contributed by atoms with van der Waals surface area (Å²) >= 11 is 0. The number of carbonyl (C=O) groups is 1. The van der Waals surface area contributed by atoms with Gasteiger partial charge < -0.3 is 14.6 Å². The highest BCUT2D eigenvalue weighted by Gasteiger charge is 2.37. The van der Waals surface area contributed by atoms with Gasteiger partial charge in [-0.3, -0.25) is 9.69 Å². The molecule has 3 aromatic rings. The van der Waals surface area contributed by atoms with E-state index in [0.717, 1.165) is 62.3 Å². The Kier molecular flexibility index (Phi) is 5.08. The quantitative estimate of drug-likeness (QED) is 0.746. The van der Waals surface area contributed by atoms with Gasteiger partial charge in [0, 0.05) is 55.4 Å². The molecule has 5 heteroatoms. The maximum atomic E-state index is 13.3. The molecule has 5 nitrogen and oxygen atoms in total. The molecule has 3 heterocycles. The maximum Gasteiger partial charge on any atom is 0.253 e. The van der Waals surface area contributed by atoms with Gasteiger partial charge in [0.2, 0.25) is 0 Å². The van der Waals surface area contributed by atoms with Gasteiger partial charge in [0.05, 0.1) is 13.2 Å². The molecular weight excluding hydrogens is 362 g/mol. The van der Waals surface area contributed by atoms with Gasteiger partial charge in [0.1, 0.15) is 0 Å². The molecule has 2 aromatic carbocycles. The summed E-state index contributed by atoms with van der Waals surface area (Å²) in [6.45, 7) is 4.94. The van der Waals surface area contributed by atoms with Crippen LogP contribution in [0.5, 0.6) is 0 Å². The molecule has 2 aliphatic rings. The number of benzene rings is 2. The smallest absolute Gasteiger partial charge is 0.253 e. The predicted molar refractivity (Wildman–Crippen MR) is 114 cm³/mol. The first-order valence-corrected chi connectivity index (χ1v) is 10.5. The van der Waals surface area contributed by atoms with Crippen LogP contribution in [-0.2, 0) is 11.3 Å². The van der Waals surface area contributed by atoms with Gasteiger partial charge in [-0.1, -0.05) is 36.4 Å². The molecule has 5 rings (SSSR count). The molecular formula is C24H27N3O2. The van der Waals surface area contributed by atoms with Crippen molar-refractivity contribution in [3.05, 3.63) is 71.9 Å². The summed E-state index contributed by atoms with van der Waals surface area (Å²) < 4.78 is 5.90. The van der Waals surface area contributed by atoms with Crippen LogP contribution in [-0.4, -0.2) is 59.6 Å². The average molecular weight is 389 g/mol. The van der Waals surface area contributed by atoms with Crippen molar-refractivity contribution in [1.29, 1.82) is 0 Å². The molecule has 150 valence electrons. The Morgan fingerprint density at radius 2 is 2.00 bits per heavy atom. The second-order valence-electron chi connectivity index (χ2n) is 8.18. The second-order valence-corrected chi connectivity index (χ2v) is 8.18. The second kappa shape index (κ2) is 8.01. The van der Waals surface area contributed by atoms with Crippen LogP contribution in [0, 0.1) is 5.92 Å². The fourth-order valence-electron chi connectivity index (χ4n) is 4.73. The van der Waals surface area contributed by atoms with Gasteiger partial charge in [0.15, 0.2) is 0 Å². The van der Waals surface area contributed by atoms with E-state index in [1.807, 2.05) is 35.4 Å². The third kappa shape index (κ3) is 3.80. The highest BCUT2D eigenvalue weighted by Crippen LogP contribution is 2.28. The monoisotopic (exact) mass is 389 g/mol. The number of carbonyl (C=O) groups excluding carboxylic acids is 1. The molecule has 0 radical (unpaired) electrons. The van der Waals surface area contributed by atoms with Crippen LogP contribution < -0.4 is 0 Å². The molecule has 0 spiro atoms. The minimum atomic E-state index is 0.129. The van der Waals surface area contributed by atoms with E-state index in [1.54, 1.807) is 0 Å². The fraction of sp³-hybridized carbons (Fsp3) is 0.375. The Balaban J connectivity index is 1.35. The molecule has 29 heavy (non-hydrogen) atoms. The lowest BCUT2D eigenvalue weighted by molar-refractivity contribution is 0.0371. The van der Waals surface area contributed by atoms with Crippen molar-refractivity contribution in [2.24, 2.45) is 5.92 Å². The van der Waals surface area contributed by atoms with E-state index in [0.29, 0.717) is 12.0 Å². The van der Waals surface area contributed by atoms with Crippen molar-refractivity contribution in [3.63, 3.8) is 0 Å². The van der Waals surface area contributed by atoms with Crippen LogP contribution in [0.3, 0.4) is 0 Å². The molecule has 2 aliphatic heterocycles. The number of fused-ring (bicyclic) bond motifs is 2. The minimum Gasteiger partial charge on any atom is -0.380 e. The van der Waals surface area contributed by atoms with Gasteiger partial charge >= 0.3 is 0 Å². The fourth-order valence-corrected chi connectivity index (χ4v) is 4.73. The molecule has 0 unspecified atom stereocenters. The number of nitrogens with zero attached hydrogens (tertiary/aromatic N) is 2. The molecule has 1 amide bonds. The summed E-state index contributed by atoms with van der Waals surface area (Å²) in [6, 6.07) is 18.9. The van der Waals surface area contributed by atoms with E-state index < -0.39 is 0 Å². The van der Waals surface area contributed by atoms with Crippen LogP contribution in [0.1, 0.15) is 22.3 Å². The average Bonchev–Trinajstić information content (AvgIpc) is 3.15. The third-order valence-electron chi connectivity index (χ3n) is 6.36. The van der Waals surface area contributed by atoms with Crippen molar-refractivity contribution in [2.75, 3.05) is 32.8 Å². The van der Waals surface area contributed by atoms with E-state index >= 15 is 0 Å². The first-order chi connectivity index (χ1) is 14.3. The van der Waals surface area contributed by atoms with Crippen molar-refractivity contribution in [1.82, 2.24) is 14.8 Å². The number of ether oxygens (including phenoxy) is 1. The van der Waals surface area contributed by atoms with Gasteiger partial charge in [-0.25, -0.2) is 0 Å². The summed E-state index contributed by atoms with van der Waals surface area (Å²) in [5, 5.41) is 1.13. The molecule has 2 fully saturated rings. The SMILES string of the molecule is O=C(c1ccc2cc[nH]c2c1)N1CC[C@@H]2COCCN(Cc3ccccc3)[C@@H]2C1. The lowest BCUT2D eigenvalue weighted by Gasteiger charge is -2.42. The lowest BCUT2D eigenvalue weighted by Crippen LogP contribution is -2.54. The minimum absolute atomic E-state index is 0.129. The number of amides is 1. The predicted octanol–water partition coefficient (Wildman–Crippen LogP) is 3.53.